The number of hydrogen-bond acceptors (Lipinski definition) is 3. The van der Waals surface area contributed by atoms with E-state index in [2.05, 4.69) is 21.4 Å². The van der Waals surface area contributed by atoms with Gasteiger partial charge in [0.15, 0.2) is 0 Å². The average Bonchev–Trinajstić information content (AvgIpc) is 3.12. The number of hydrogen-bond donors (Lipinski definition) is 1. The van der Waals surface area contributed by atoms with Crippen molar-refractivity contribution in [1.29, 1.82) is 0 Å². The number of nitrogens with two attached hydrogens (primary N) is 1. The summed E-state index contributed by atoms with van der Waals surface area (Å²) in [5, 5.41) is 0. The molecular formula is C14H24N4. The number of rotatable bonds is 4. The van der Waals surface area contributed by atoms with Crippen LogP contribution in [0.1, 0.15) is 56.8 Å². The van der Waals surface area contributed by atoms with E-state index in [0.717, 1.165) is 0 Å². The molecule has 18 heavy (non-hydrogen) atoms. The van der Waals surface area contributed by atoms with Crippen LogP contribution < -0.4 is 5.73 Å². The van der Waals surface area contributed by atoms with Gasteiger partial charge in [0.1, 0.15) is 0 Å². The molecule has 3 rings (SSSR count). The van der Waals surface area contributed by atoms with E-state index >= 15 is 0 Å². The number of imidazole rings is 1. The summed E-state index contributed by atoms with van der Waals surface area (Å²) in [6.45, 7) is 4.21. The second-order valence-electron chi connectivity index (χ2n) is 5.79. The molecule has 1 saturated heterocycles. The third-order valence-electron chi connectivity index (χ3n) is 4.46. The highest BCUT2D eigenvalue weighted by atomic mass is 15.2. The molecule has 0 aromatic carbocycles. The lowest BCUT2D eigenvalue weighted by Crippen LogP contribution is -2.43. The van der Waals surface area contributed by atoms with Crippen molar-refractivity contribution in [2.45, 2.75) is 57.2 Å². The molecule has 2 N–H and O–H groups in total. The SMILES string of the molecule is CC1CCCCN1C(CN)c1cncn1C1CC1. The first-order valence-corrected chi connectivity index (χ1v) is 7.28. The van der Waals surface area contributed by atoms with Crippen LogP contribution in [0.15, 0.2) is 12.5 Å². The summed E-state index contributed by atoms with van der Waals surface area (Å²) in [5.74, 6) is 0. The minimum atomic E-state index is 0.350. The van der Waals surface area contributed by atoms with E-state index in [0.29, 0.717) is 24.7 Å². The summed E-state index contributed by atoms with van der Waals surface area (Å²) in [5.41, 5.74) is 7.39. The number of aromatic nitrogens is 2. The van der Waals surface area contributed by atoms with E-state index in [9.17, 15) is 0 Å². The lowest BCUT2D eigenvalue weighted by atomic mass is 10.00. The normalized spacial score (nSPS) is 27.3. The van der Waals surface area contributed by atoms with Gasteiger partial charge >= 0.3 is 0 Å². The summed E-state index contributed by atoms with van der Waals surface area (Å²) in [4.78, 5) is 6.94. The zero-order chi connectivity index (χ0) is 12.5. The fourth-order valence-corrected chi connectivity index (χ4v) is 3.24. The molecule has 2 heterocycles. The molecule has 0 radical (unpaired) electrons. The molecule has 0 amide bonds. The Morgan fingerprint density at radius 2 is 2.22 bits per heavy atom. The summed E-state index contributed by atoms with van der Waals surface area (Å²) in [6, 6.07) is 1.69. The Hall–Kier alpha value is -0.870. The van der Waals surface area contributed by atoms with Crippen LogP contribution in [0.25, 0.3) is 0 Å². The molecule has 1 aliphatic heterocycles. The Kier molecular flexibility index (Phi) is 3.39. The average molecular weight is 248 g/mol. The maximum Gasteiger partial charge on any atom is 0.0951 e. The van der Waals surface area contributed by atoms with Crippen molar-refractivity contribution in [2.75, 3.05) is 13.1 Å². The van der Waals surface area contributed by atoms with Gasteiger partial charge < -0.3 is 10.3 Å². The van der Waals surface area contributed by atoms with Gasteiger partial charge in [-0.05, 0) is 39.2 Å². The maximum atomic E-state index is 6.06. The van der Waals surface area contributed by atoms with Gasteiger partial charge in [0.25, 0.3) is 0 Å². The molecule has 1 aromatic heterocycles. The van der Waals surface area contributed by atoms with Crippen LogP contribution in [0.2, 0.25) is 0 Å². The Morgan fingerprint density at radius 3 is 2.89 bits per heavy atom. The summed E-state index contributed by atoms with van der Waals surface area (Å²) in [7, 11) is 0. The summed E-state index contributed by atoms with van der Waals surface area (Å²) >= 11 is 0. The summed E-state index contributed by atoms with van der Waals surface area (Å²) < 4.78 is 2.36. The molecular weight excluding hydrogens is 224 g/mol. The van der Waals surface area contributed by atoms with Crippen molar-refractivity contribution < 1.29 is 0 Å². The predicted molar refractivity (Wildman–Crippen MR) is 72.3 cm³/mol. The first-order chi connectivity index (χ1) is 8.81. The van der Waals surface area contributed by atoms with Gasteiger partial charge in [0.05, 0.1) is 18.1 Å². The minimum absolute atomic E-state index is 0.350. The maximum absolute atomic E-state index is 6.06. The highest BCUT2D eigenvalue weighted by Gasteiger charge is 2.32. The van der Waals surface area contributed by atoms with Crippen molar-refractivity contribution in [2.24, 2.45) is 5.73 Å². The summed E-state index contributed by atoms with van der Waals surface area (Å²) in [6.07, 6.45) is 10.6. The highest BCUT2D eigenvalue weighted by molar-refractivity contribution is 5.10. The Balaban J connectivity index is 1.83. The van der Waals surface area contributed by atoms with Crippen LogP contribution in [0.3, 0.4) is 0 Å². The number of likely N-dealkylation sites (tertiary alicyclic amines) is 1. The first-order valence-electron chi connectivity index (χ1n) is 7.28. The van der Waals surface area contributed by atoms with Gasteiger partial charge in [-0.25, -0.2) is 4.98 Å². The molecule has 2 unspecified atom stereocenters. The van der Waals surface area contributed by atoms with Gasteiger partial charge in [-0.1, -0.05) is 6.42 Å². The first kappa shape index (κ1) is 12.2. The standard InChI is InChI=1S/C14H24N4/c1-11-4-2-3-7-17(11)13(8-15)14-9-16-10-18(14)12-5-6-12/h9-13H,2-8,15H2,1H3. The highest BCUT2D eigenvalue weighted by Crippen LogP contribution is 2.38. The van der Waals surface area contributed by atoms with Crippen LogP contribution in [0, 0.1) is 0 Å². The molecule has 2 aliphatic rings. The van der Waals surface area contributed by atoms with E-state index < -0.39 is 0 Å². The van der Waals surface area contributed by atoms with E-state index in [1.54, 1.807) is 0 Å². The van der Waals surface area contributed by atoms with E-state index in [1.807, 2.05) is 12.5 Å². The second kappa shape index (κ2) is 5.02. The molecule has 4 heteroatoms. The largest absolute Gasteiger partial charge is 0.330 e. The van der Waals surface area contributed by atoms with Crippen LogP contribution in [-0.2, 0) is 0 Å². The molecule has 2 fully saturated rings. The zero-order valence-corrected chi connectivity index (χ0v) is 11.3. The Morgan fingerprint density at radius 1 is 1.39 bits per heavy atom. The van der Waals surface area contributed by atoms with Crippen LogP contribution in [-0.4, -0.2) is 33.6 Å². The predicted octanol–water partition coefficient (Wildman–Crippen LogP) is 2.09. The molecule has 2 atom stereocenters. The smallest absolute Gasteiger partial charge is 0.0951 e. The van der Waals surface area contributed by atoms with Gasteiger partial charge in [0, 0.05) is 24.8 Å². The van der Waals surface area contributed by atoms with Gasteiger partial charge in [-0.3, -0.25) is 4.90 Å². The van der Waals surface area contributed by atoms with Crippen molar-refractivity contribution in [3.63, 3.8) is 0 Å². The second-order valence-corrected chi connectivity index (χ2v) is 5.79. The fraction of sp³-hybridized carbons (Fsp3) is 0.786. The lowest BCUT2D eigenvalue weighted by Gasteiger charge is -2.39. The van der Waals surface area contributed by atoms with E-state index in [-0.39, 0.29) is 0 Å². The van der Waals surface area contributed by atoms with E-state index in [1.165, 1.54) is 44.3 Å². The third kappa shape index (κ3) is 2.19. The van der Waals surface area contributed by atoms with Gasteiger partial charge in [-0.15, -0.1) is 0 Å². The fourth-order valence-electron chi connectivity index (χ4n) is 3.24. The quantitative estimate of drug-likeness (QED) is 0.887. The lowest BCUT2D eigenvalue weighted by molar-refractivity contribution is 0.104. The molecule has 1 saturated carbocycles. The van der Waals surface area contributed by atoms with Crippen molar-refractivity contribution >= 4 is 0 Å². The zero-order valence-electron chi connectivity index (χ0n) is 11.3. The molecule has 0 spiro atoms. The molecule has 100 valence electrons. The number of nitrogens with zero attached hydrogens (tertiary/aromatic N) is 3. The van der Waals surface area contributed by atoms with Crippen molar-refractivity contribution in [1.82, 2.24) is 14.5 Å². The number of piperidine rings is 1. The van der Waals surface area contributed by atoms with Crippen molar-refractivity contribution in [3.05, 3.63) is 18.2 Å². The van der Waals surface area contributed by atoms with Gasteiger partial charge in [0.2, 0.25) is 0 Å². The minimum Gasteiger partial charge on any atom is -0.330 e. The Labute approximate surface area is 109 Å². The van der Waals surface area contributed by atoms with Crippen LogP contribution in [0.4, 0.5) is 0 Å². The van der Waals surface area contributed by atoms with Crippen LogP contribution in [0.5, 0.6) is 0 Å². The van der Waals surface area contributed by atoms with Crippen LogP contribution >= 0.6 is 0 Å². The molecule has 0 bridgehead atoms. The van der Waals surface area contributed by atoms with Crippen molar-refractivity contribution in [3.8, 4) is 0 Å². The topological polar surface area (TPSA) is 47.1 Å². The van der Waals surface area contributed by atoms with E-state index in [4.69, 9.17) is 5.73 Å². The molecule has 1 aromatic rings. The molecule has 4 nitrogen and oxygen atoms in total. The monoisotopic (exact) mass is 248 g/mol. The third-order valence-corrected chi connectivity index (χ3v) is 4.46. The van der Waals surface area contributed by atoms with Gasteiger partial charge in [-0.2, -0.15) is 0 Å². The molecule has 1 aliphatic carbocycles. The Bertz CT molecular complexity index is 396.